The minimum Gasteiger partial charge on any atom is -0.432 e. The van der Waals surface area contributed by atoms with Crippen molar-refractivity contribution in [1.29, 1.82) is 0 Å². The number of nitrogens with zero attached hydrogens (tertiary/aromatic N) is 1. The van der Waals surface area contributed by atoms with Gasteiger partial charge in [-0.1, -0.05) is 6.08 Å². The zero-order valence-electron chi connectivity index (χ0n) is 11.1. The quantitative estimate of drug-likeness (QED) is 0.606. The Bertz CT molecular complexity index is 385. The topological polar surface area (TPSA) is 58.9 Å². The van der Waals surface area contributed by atoms with Crippen LogP contribution in [0.5, 0.6) is 0 Å². The van der Waals surface area contributed by atoms with Gasteiger partial charge in [-0.05, 0) is 45.4 Å². The van der Waals surface area contributed by atoms with Crippen molar-refractivity contribution >= 4 is 7.48 Å². The van der Waals surface area contributed by atoms with Gasteiger partial charge in [0.2, 0.25) is 0 Å². The van der Waals surface area contributed by atoms with E-state index >= 15 is 0 Å². The van der Waals surface area contributed by atoms with Gasteiger partial charge in [-0.2, -0.15) is 0 Å². The third kappa shape index (κ3) is 3.26. The Labute approximate surface area is 107 Å². The monoisotopic (exact) mass is 254 g/mol. The molecule has 1 aliphatic rings. The first-order valence-electron chi connectivity index (χ1n) is 5.82. The minimum absolute atomic E-state index is 0.202. The second-order valence-corrected chi connectivity index (χ2v) is 5.39. The van der Waals surface area contributed by atoms with Gasteiger partial charge in [-0.3, -0.25) is 0 Å². The van der Waals surface area contributed by atoms with Gasteiger partial charge in [0.25, 0.3) is 0 Å². The van der Waals surface area contributed by atoms with Crippen molar-refractivity contribution < 1.29 is 14.2 Å². The lowest BCUT2D eigenvalue weighted by Crippen LogP contribution is -2.48. The van der Waals surface area contributed by atoms with Crippen molar-refractivity contribution in [3.05, 3.63) is 28.6 Å². The Morgan fingerprint density at radius 2 is 2.11 bits per heavy atom. The van der Waals surface area contributed by atoms with Crippen molar-refractivity contribution in [2.45, 2.75) is 51.1 Å². The van der Waals surface area contributed by atoms with E-state index in [1.807, 2.05) is 0 Å². The van der Waals surface area contributed by atoms with Crippen LogP contribution in [0.2, 0.25) is 5.82 Å². The van der Waals surface area contributed by atoms with Crippen LogP contribution in [0.1, 0.15) is 34.1 Å². The summed E-state index contributed by atoms with van der Waals surface area (Å²) in [4.78, 5) is 10.4. The normalized spacial score (nSPS) is 21.1. The maximum absolute atomic E-state index is 13.7. The molecule has 0 aromatic carbocycles. The number of hydrogen-bond donors (Lipinski definition) is 1. The van der Waals surface area contributed by atoms with E-state index in [1.54, 1.807) is 33.8 Å². The summed E-state index contributed by atoms with van der Waals surface area (Å²) in [6.07, 6.45) is 3.43. The van der Waals surface area contributed by atoms with Crippen LogP contribution >= 0.6 is 0 Å². The molecule has 1 N–H and O–H groups in total. The standard InChI is InChI=1S/C12H18BFNO3/c1-11(2,16)12(3,4)18-13-8-6-5-7-9(15-17)10(8)14/h5,7-8,16H,6H2,1-4H3. The predicted molar refractivity (Wildman–Crippen MR) is 68.7 cm³/mol. The minimum atomic E-state index is -1.07. The molecule has 18 heavy (non-hydrogen) atoms. The largest absolute Gasteiger partial charge is 0.432 e. The van der Waals surface area contributed by atoms with E-state index in [2.05, 4.69) is 5.18 Å². The van der Waals surface area contributed by atoms with E-state index in [0.717, 1.165) is 0 Å². The molecule has 6 heteroatoms. The Morgan fingerprint density at radius 1 is 1.50 bits per heavy atom. The molecule has 0 spiro atoms. The predicted octanol–water partition coefficient (Wildman–Crippen LogP) is 2.87. The molecular weight excluding hydrogens is 236 g/mol. The highest BCUT2D eigenvalue weighted by molar-refractivity contribution is 6.31. The smallest absolute Gasteiger partial charge is 0.304 e. The number of allylic oxidation sites excluding steroid dienone is 3. The molecule has 0 aromatic rings. The van der Waals surface area contributed by atoms with Gasteiger partial charge in [-0.25, -0.2) is 4.39 Å². The summed E-state index contributed by atoms with van der Waals surface area (Å²) in [5.74, 6) is -1.23. The Balaban J connectivity index is 2.68. The summed E-state index contributed by atoms with van der Waals surface area (Å²) in [5.41, 5.74) is -2.13. The van der Waals surface area contributed by atoms with Gasteiger partial charge in [0, 0.05) is 5.82 Å². The van der Waals surface area contributed by atoms with Gasteiger partial charge in [-0.15, -0.1) is 4.91 Å². The SMILES string of the molecule is CC(C)(O)C(C)(C)O[B]C1CC=CC(N=O)=C1F. The summed E-state index contributed by atoms with van der Waals surface area (Å²) < 4.78 is 19.2. The highest BCUT2D eigenvalue weighted by atomic mass is 19.1. The molecule has 1 atom stereocenters. The summed E-state index contributed by atoms with van der Waals surface area (Å²) in [6.45, 7) is 6.66. The van der Waals surface area contributed by atoms with E-state index in [4.69, 9.17) is 4.65 Å². The van der Waals surface area contributed by atoms with E-state index < -0.39 is 22.8 Å². The van der Waals surface area contributed by atoms with Crippen molar-refractivity contribution in [3.63, 3.8) is 0 Å². The molecule has 1 unspecified atom stereocenters. The second-order valence-electron chi connectivity index (χ2n) is 5.39. The summed E-state index contributed by atoms with van der Waals surface area (Å²) >= 11 is 0. The van der Waals surface area contributed by atoms with Crippen molar-refractivity contribution in [2.24, 2.45) is 5.18 Å². The average Bonchev–Trinajstić information content (AvgIpc) is 2.26. The molecular formula is C12H18BFNO3. The highest BCUT2D eigenvalue weighted by Crippen LogP contribution is 2.33. The van der Waals surface area contributed by atoms with Gasteiger partial charge in [0.15, 0.2) is 0 Å². The van der Waals surface area contributed by atoms with E-state index in [1.165, 1.54) is 13.6 Å². The lowest BCUT2D eigenvalue weighted by Gasteiger charge is -2.38. The van der Waals surface area contributed by atoms with Gasteiger partial charge < -0.3 is 9.76 Å². The first kappa shape index (κ1) is 15.1. The molecule has 0 saturated carbocycles. The average molecular weight is 254 g/mol. The van der Waals surface area contributed by atoms with E-state index in [9.17, 15) is 14.4 Å². The molecule has 0 heterocycles. The molecule has 1 rings (SSSR count). The number of halogens is 1. The molecule has 0 amide bonds. The van der Waals surface area contributed by atoms with Crippen molar-refractivity contribution in [3.8, 4) is 0 Å². The first-order valence-corrected chi connectivity index (χ1v) is 5.82. The van der Waals surface area contributed by atoms with Crippen LogP contribution in [0.15, 0.2) is 28.9 Å². The van der Waals surface area contributed by atoms with Gasteiger partial charge in [0.1, 0.15) is 11.5 Å². The van der Waals surface area contributed by atoms with Crippen LogP contribution in [-0.4, -0.2) is 23.8 Å². The van der Waals surface area contributed by atoms with E-state index in [0.29, 0.717) is 6.42 Å². The summed E-state index contributed by atoms with van der Waals surface area (Å²) in [7, 11) is 1.32. The fourth-order valence-electron chi connectivity index (χ4n) is 1.29. The molecule has 1 radical (unpaired) electrons. The van der Waals surface area contributed by atoms with Crippen LogP contribution in [-0.2, 0) is 4.65 Å². The van der Waals surface area contributed by atoms with Crippen LogP contribution in [0.4, 0.5) is 4.39 Å². The lowest BCUT2D eigenvalue weighted by molar-refractivity contribution is -0.0909. The molecule has 99 valence electrons. The molecule has 0 fully saturated rings. The molecule has 0 aliphatic heterocycles. The fourth-order valence-corrected chi connectivity index (χ4v) is 1.29. The van der Waals surface area contributed by atoms with Crippen molar-refractivity contribution in [2.75, 3.05) is 0 Å². The fraction of sp³-hybridized carbons (Fsp3) is 0.667. The first-order chi connectivity index (χ1) is 8.19. The molecule has 4 nitrogen and oxygen atoms in total. The third-order valence-corrected chi connectivity index (χ3v) is 3.33. The second kappa shape index (κ2) is 5.32. The van der Waals surface area contributed by atoms with Crippen LogP contribution in [0, 0.1) is 4.91 Å². The van der Waals surface area contributed by atoms with Gasteiger partial charge in [0.05, 0.1) is 11.2 Å². The Kier molecular flexibility index (Phi) is 4.45. The highest BCUT2D eigenvalue weighted by Gasteiger charge is 2.37. The van der Waals surface area contributed by atoms with Crippen molar-refractivity contribution in [1.82, 2.24) is 0 Å². The number of hydrogen-bond acceptors (Lipinski definition) is 4. The Morgan fingerprint density at radius 3 is 2.61 bits per heavy atom. The zero-order chi connectivity index (χ0) is 14.0. The maximum atomic E-state index is 13.7. The molecule has 0 saturated heterocycles. The van der Waals surface area contributed by atoms with Crippen LogP contribution in [0.25, 0.3) is 0 Å². The van der Waals surface area contributed by atoms with Crippen LogP contribution < -0.4 is 0 Å². The molecule has 1 aliphatic carbocycles. The Hall–Kier alpha value is -1.01. The van der Waals surface area contributed by atoms with Gasteiger partial charge >= 0.3 is 7.48 Å². The summed E-state index contributed by atoms with van der Waals surface area (Å²) in [5, 5.41) is 12.5. The molecule has 0 bridgehead atoms. The molecule has 0 aromatic heterocycles. The number of aliphatic hydroxyl groups is 1. The lowest BCUT2D eigenvalue weighted by atomic mass is 9.73. The number of nitroso groups, excluding NO2 is 1. The van der Waals surface area contributed by atoms with E-state index in [-0.39, 0.29) is 5.70 Å². The maximum Gasteiger partial charge on any atom is 0.304 e. The zero-order valence-corrected chi connectivity index (χ0v) is 11.1. The number of rotatable bonds is 5. The van der Waals surface area contributed by atoms with Crippen LogP contribution in [0.3, 0.4) is 0 Å². The third-order valence-electron chi connectivity index (χ3n) is 3.33. The summed E-state index contributed by atoms with van der Waals surface area (Å²) in [6, 6.07) is 0.